The summed E-state index contributed by atoms with van der Waals surface area (Å²) in [6.07, 6.45) is 29.9. The Morgan fingerprint density at radius 2 is 0.708 bits per heavy atom. The smallest absolute Gasteiger partial charge is 0.115 e. The molecule has 2 saturated heterocycles. The number of rotatable bonds is 28. The van der Waals surface area contributed by atoms with Crippen molar-refractivity contribution in [2.75, 3.05) is 13.2 Å². The molecule has 4 rings (SSSR count). The number of hydrogen-bond acceptors (Lipinski definition) is 4. The van der Waals surface area contributed by atoms with Crippen molar-refractivity contribution in [3.05, 3.63) is 70.8 Å². The molecule has 4 atom stereocenters. The van der Waals surface area contributed by atoms with E-state index in [0.29, 0.717) is 26.4 Å². The van der Waals surface area contributed by atoms with Gasteiger partial charge in [0.25, 0.3) is 0 Å². The summed E-state index contributed by atoms with van der Waals surface area (Å²) in [6, 6.07) is 18.0. The van der Waals surface area contributed by atoms with Crippen LogP contribution in [0.2, 0.25) is 0 Å². The highest BCUT2D eigenvalue weighted by Gasteiger charge is 2.48. The Morgan fingerprint density at radius 3 is 1.04 bits per heavy atom. The summed E-state index contributed by atoms with van der Waals surface area (Å²) < 4.78 is 24.9. The number of ether oxygens (including phenoxy) is 4. The van der Waals surface area contributed by atoms with Gasteiger partial charge in [-0.1, -0.05) is 178 Å². The van der Waals surface area contributed by atoms with Gasteiger partial charge in [-0.25, -0.2) is 0 Å². The van der Waals surface area contributed by atoms with Crippen LogP contribution in [0.3, 0.4) is 0 Å². The summed E-state index contributed by atoms with van der Waals surface area (Å²) in [7, 11) is 0. The molecule has 2 aromatic rings. The van der Waals surface area contributed by atoms with Gasteiger partial charge in [0, 0.05) is 0 Å². The maximum atomic E-state index is 6.31. The molecule has 2 fully saturated rings. The van der Waals surface area contributed by atoms with E-state index in [-0.39, 0.29) is 24.4 Å². The lowest BCUT2D eigenvalue weighted by molar-refractivity contribution is -0.0580. The molecule has 0 radical (unpaired) electrons. The van der Waals surface area contributed by atoms with Crippen molar-refractivity contribution in [1.29, 1.82) is 0 Å². The second-order valence-electron chi connectivity index (χ2n) is 14.8. The molecule has 2 aliphatic rings. The predicted octanol–water partition coefficient (Wildman–Crippen LogP) is 11.9. The van der Waals surface area contributed by atoms with E-state index in [1.54, 1.807) is 0 Å². The molecule has 4 nitrogen and oxygen atoms in total. The molecule has 0 saturated carbocycles. The summed E-state index contributed by atoms with van der Waals surface area (Å²) in [5.74, 6) is 0. The molecule has 0 aromatic heterocycles. The molecule has 0 spiro atoms. The minimum absolute atomic E-state index is 0.0417. The number of benzene rings is 2. The second-order valence-corrected chi connectivity index (χ2v) is 14.8. The van der Waals surface area contributed by atoms with Crippen LogP contribution in [0.5, 0.6) is 0 Å². The van der Waals surface area contributed by atoms with Crippen LogP contribution in [0, 0.1) is 0 Å². The van der Waals surface area contributed by atoms with Gasteiger partial charge < -0.3 is 18.9 Å². The molecule has 2 heterocycles. The number of fused-ring (bicyclic) bond motifs is 1. The van der Waals surface area contributed by atoms with Crippen LogP contribution in [0.4, 0.5) is 0 Å². The van der Waals surface area contributed by atoms with Crippen LogP contribution in [-0.4, -0.2) is 37.6 Å². The Balaban J connectivity index is 1.03. The third-order valence-corrected chi connectivity index (χ3v) is 10.6. The van der Waals surface area contributed by atoms with Crippen LogP contribution >= 0.6 is 0 Å². The van der Waals surface area contributed by atoms with Crippen molar-refractivity contribution in [2.24, 2.45) is 0 Å². The maximum absolute atomic E-state index is 6.31. The van der Waals surface area contributed by atoms with Crippen molar-refractivity contribution in [1.82, 2.24) is 0 Å². The monoisotopic (exact) mass is 663 g/mol. The lowest BCUT2D eigenvalue weighted by atomic mass is 10.0. The third-order valence-electron chi connectivity index (χ3n) is 10.6. The maximum Gasteiger partial charge on any atom is 0.115 e. The van der Waals surface area contributed by atoms with Gasteiger partial charge in [0.2, 0.25) is 0 Å². The van der Waals surface area contributed by atoms with Crippen LogP contribution in [0.1, 0.15) is 165 Å². The first-order valence-corrected chi connectivity index (χ1v) is 20.4. The van der Waals surface area contributed by atoms with Gasteiger partial charge >= 0.3 is 0 Å². The van der Waals surface area contributed by atoms with E-state index >= 15 is 0 Å². The van der Waals surface area contributed by atoms with Crippen molar-refractivity contribution in [3.8, 4) is 0 Å². The zero-order chi connectivity index (χ0) is 33.5. The normalized spacial score (nSPS) is 20.5. The average molecular weight is 663 g/mol. The molecule has 270 valence electrons. The molecule has 4 heteroatoms. The number of hydrogen-bond donors (Lipinski definition) is 0. The van der Waals surface area contributed by atoms with Gasteiger partial charge in [-0.15, -0.1) is 0 Å². The summed E-state index contributed by atoms with van der Waals surface area (Å²) >= 11 is 0. The van der Waals surface area contributed by atoms with Gasteiger partial charge in [-0.3, -0.25) is 0 Å². The zero-order valence-electron chi connectivity index (χ0n) is 30.9. The first kappa shape index (κ1) is 39.1. The van der Waals surface area contributed by atoms with Gasteiger partial charge in [0.1, 0.15) is 24.4 Å². The minimum atomic E-state index is -0.0472. The fourth-order valence-electron chi connectivity index (χ4n) is 7.36. The molecule has 0 unspecified atom stereocenters. The number of aryl methyl sites for hydroxylation is 2. The van der Waals surface area contributed by atoms with Crippen molar-refractivity contribution >= 4 is 0 Å². The number of unbranched alkanes of at least 4 members (excludes halogenated alkanes) is 18. The van der Waals surface area contributed by atoms with E-state index in [4.69, 9.17) is 18.9 Å². The van der Waals surface area contributed by atoms with Crippen molar-refractivity contribution < 1.29 is 18.9 Å². The van der Waals surface area contributed by atoms with Gasteiger partial charge in [-0.05, 0) is 47.9 Å². The fourth-order valence-corrected chi connectivity index (χ4v) is 7.36. The molecule has 0 N–H and O–H groups in total. The Morgan fingerprint density at radius 1 is 0.417 bits per heavy atom. The van der Waals surface area contributed by atoms with Gasteiger partial charge in [0.05, 0.1) is 26.4 Å². The molecule has 0 amide bonds. The van der Waals surface area contributed by atoms with Crippen LogP contribution in [0.15, 0.2) is 48.5 Å². The highest BCUT2D eigenvalue weighted by molar-refractivity contribution is 5.23. The fraction of sp³-hybridized carbons (Fsp3) is 0.727. The minimum Gasteiger partial charge on any atom is -0.370 e. The molecule has 2 aromatic carbocycles. The van der Waals surface area contributed by atoms with E-state index in [9.17, 15) is 0 Å². The summed E-state index contributed by atoms with van der Waals surface area (Å²) in [5, 5.41) is 0. The van der Waals surface area contributed by atoms with E-state index in [1.807, 2.05) is 0 Å². The Bertz CT molecular complexity index is 965. The predicted molar refractivity (Wildman–Crippen MR) is 201 cm³/mol. The van der Waals surface area contributed by atoms with E-state index in [2.05, 4.69) is 62.4 Å². The highest BCUT2D eigenvalue weighted by atomic mass is 16.6. The highest BCUT2D eigenvalue weighted by Crippen LogP contribution is 2.31. The second kappa shape index (κ2) is 24.4. The molecule has 48 heavy (non-hydrogen) atoms. The SMILES string of the molecule is CCCCCCCCCCCCc1ccc(CO[C@H]2CO[C@H]3[C@H]2OC[C@@H]3OCc2ccc(CCCCCCCCCCCC)cc2)cc1. The quantitative estimate of drug-likeness (QED) is 0.0850. The van der Waals surface area contributed by atoms with Crippen LogP contribution in [-0.2, 0) is 45.0 Å². The lowest BCUT2D eigenvalue weighted by Gasteiger charge is -2.18. The first-order chi connectivity index (χ1) is 23.8. The van der Waals surface area contributed by atoms with Gasteiger partial charge in [0.15, 0.2) is 0 Å². The van der Waals surface area contributed by atoms with Crippen molar-refractivity contribution in [3.63, 3.8) is 0 Å². The van der Waals surface area contributed by atoms with E-state index in [0.717, 1.165) is 0 Å². The molecule has 0 aliphatic carbocycles. The van der Waals surface area contributed by atoms with Crippen LogP contribution < -0.4 is 0 Å². The van der Waals surface area contributed by atoms with Crippen LogP contribution in [0.25, 0.3) is 0 Å². The average Bonchev–Trinajstić information content (AvgIpc) is 3.71. The Kier molecular flexibility index (Phi) is 19.9. The van der Waals surface area contributed by atoms with E-state index < -0.39 is 0 Å². The third kappa shape index (κ3) is 15.0. The molecular formula is C44H70O4. The van der Waals surface area contributed by atoms with E-state index in [1.165, 1.54) is 164 Å². The lowest BCUT2D eigenvalue weighted by Crippen LogP contribution is -2.34. The Hall–Kier alpha value is -1.72. The Labute approximate surface area is 295 Å². The topological polar surface area (TPSA) is 36.9 Å². The molecular weight excluding hydrogens is 592 g/mol. The summed E-state index contributed by atoms with van der Waals surface area (Å²) in [6.45, 7) is 6.90. The molecule has 2 aliphatic heterocycles. The van der Waals surface area contributed by atoms with Gasteiger partial charge in [-0.2, -0.15) is 0 Å². The largest absolute Gasteiger partial charge is 0.370 e. The molecule has 0 bridgehead atoms. The van der Waals surface area contributed by atoms with Crippen molar-refractivity contribution in [2.45, 2.75) is 193 Å². The standard InChI is InChI=1S/C44H70O4/c1-3-5-7-9-11-13-15-17-19-21-23-37-25-29-39(30-26-37)33-45-41-35-47-44-42(36-48-43(41)44)46-34-40-31-27-38(28-32-40)24-22-20-18-16-14-12-10-8-6-4-2/h25-32,41-44H,3-24,33-36H2,1-2H3/t41-,42-,43-,44+/m0/s1. The summed E-state index contributed by atoms with van der Waals surface area (Å²) in [5.41, 5.74) is 5.30. The summed E-state index contributed by atoms with van der Waals surface area (Å²) in [4.78, 5) is 0. The zero-order valence-corrected chi connectivity index (χ0v) is 30.9. The first-order valence-electron chi connectivity index (χ1n) is 20.4.